The Morgan fingerprint density at radius 2 is 1.93 bits per heavy atom. The number of hydrogen-bond acceptors (Lipinski definition) is 4. The van der Waals surface area contributed by atoms with Gasteiger partial charge in [-0.3, -0.25) is 9.69 Å². The Hall–Kier alpha value is -3.87. The lowest BCUT2D eigenvalue weighted by atomic mass is 10.1. The number of carbonyl (C=O) groups is 3. The molecule has 0 atom stereocenters. The van der Waals surface area contributed by atoms with Gasteiger partial charge in [0.05, 0.1) is 5.56 Å². The van der Waals surface area contributed by atoms with Gasteiger partial charge in [-0.1, -0.05) is 30.3 Å². The van der Waals surface area contributed by atoms with Gasteiger partial charge in [-0.05, 0) is 41.5 Å². The fraction of sp³-hybridized carbons (Fsp3) is 0.0952. The minimum Gasteiger partial charge on any atom is -0.489 e. The fourth-order valence-corrected chi connectivity index (χ4v) is 2.65. The molecule has 0 aliphatic carbocycles. The summed E-state index contributed by atoms with van der Waals surface area (Å²) in [6.07, 6.45) is 3.07. The molecule has 1 saturated heterocycles. The Balaban J connectivity index is 1.65. The van der Waals surface area contributed by atoms with Crippen molar-refractivity contribution in [3.8, 4) is 5.75 Å². The number of imide groups is 1. The number of carboxylic acid groups (broad SMARTS) is 1. The van der Waals surface area contributed by atoms with Crippen LogP contribution in [0.15, 0.2) is 66.9 Å². The molecular weight excluding hydrogens is 360 g/mol. The number of hydrogen-bond donors (Lipinski definition) is 2. The van der Waals surface area contributed by atoms with Gasteiger partial charge in [0, 0.05) is 6.54 Å². The van der Waals surface area contributed by atoms with E-state index < -0.39 is 17.9 Å². The van der Waals surface area contributed by atoms with E-state index in [1.807, 2.05) is 0 Å². The molecule has 28 heavy (non-hydrogen) atoms. The van der Waals surface area contributed by atoms with Crippen molar-refractivity contribution in [3.05, 3.63) is 83.6 Å². The summed E-state index contributed by atoms with van der Waals surface area (Å²) in [6, 6.07) is 13.0. The molecule has 0 spiro atoms. The van der Waals surface area contributed by atoms with E-state index in [1.54, 1.807) is 48.5 Å². The van der Waals surface area contributed by atoms with Crippen LogP contribution in [0.4, 0.5) is 4.79 Å². The number of aromatic carboxylic acids is 1. The van der Waals surface area contributed by atoms with Gasteiger partial charge < -0.3 is 15.2 Å². The Morgan fingerprint density at radius 1 is 1.18 bits per heavy atom. The van der Waals surface area contributed by atoms with Crippen LogP contribution >= 0.6 is 0 Å². The average Bonchev–Trinajstić information content (AvgIpc) is 2.95. The van der Waals surface area contributed by atoms with Crippen LogP contribution in [0.3, 0.4) is 0 Å². The lowest BCUT2D eigenvalue weighted by Crippen LogP contribution is -2.30. The van der Waals surface area contributed by atoms with Gasteiger partial charge in [0.2, 0.25) is 0 Å². The van der Waals surface area contributed by atoms with Gasteiger partial charge in [-0.15, -0.1) is 6.58 Å². The van der Waals surface area contributed by atoms with E-state index in [9.17, 15) is 14.4 Å². The molecule has 0 saturated carbocycles. The highest BCUT2D eigenvalue weighted by molar-refractivity contribution is 6.14. The van der Waals surface area contributed by atoms with E-state index in [4.69, 9.17) is 9.84 Å². The van der Waals surface area contributed by atoms with Crippen molar-refractivity contribution in [2.45, 2.75) is 6.61 Å². The number of benzene rings is 2. The maximum atomic E-state index is 12.2. The Bertz CT molecular complexity index is 963. The van der Waals surface area contributed by atoms with Crippen LogP contribution in [0.2, 0.25) is 0 Å². The van der Waals surface area contributed by atoms with Crippen molar-refractivity contribution < 1.29 is 24.2 Å². The largest absolute Gasteiger partial charge is 0.489 e. The topological polar surface area (TPSA) is 95.9 Å². The molecule has 1 aliphatic rings. The van der Waals surface area contributed by atoms with Gasteiger partial charge in [0.1, 0.15) is 18.1 Å². The first-order valence-corrected chi connectivity index (χ1v) is 8.48. The third kappa shape index (κ3) is 4.27. The van der Waals surface area contributed by atoms with Crippen molar-refractivity contribution in [2.75, 3.05) is 6.54 Å². The third-order valence-electron chi connectivity index (χ3n) is 4.04. The van der Waals surface area contributed by atoms with E-state index >= 15 is 0 Å². The number of rotatable bonds is 7. The van der Waals surface area contributed by atoms with Gasteiger partial charge in [-0.2, -0.15) is 0 Å². The molecule has 1 aliphatic heterocycles. The minimum absolute atomic E-state index is 0.151. The lowest BCUT2D eigenvalue weighted by molar-refractivity contribution is -0.122. The molecule has 7 heteroatoms. The highest BCUT2D eigenvalue weighted by atomic mass is 16.5. The molecule has 0 radical (unpaired) electrons. The number of carboxylic acids is 1. The number of nitrogens with one attached hydrogen (secondary N) is 1. The van der Waals surface area contributed by atoms with Gasteiger partial charge in [0.25, 0.3) is 5.91 Å². The molecule has 7 nitrogen and oxygen atoms in total. The number of nitrogens with zero attached hydrogens (tertiary/aromatic N) is 1. The molecule has 0 aromatic heterocycles. The van der Waals surface area contributed by atoms with Crippen LogP contribution in [0.5, 0.6) is 5.75 Å². The van der Waals surface area contributed by atoms with Crippen LogP contribution in [0, 0.1) is 0 Å². The van der Waals surface area contributed by atoms with E-state index in [0.717, 1.165) is 16.0 Å². The maximum absolute atomic E-state index is 12.2. The smallest absolute Gasteiger partial charge is 0.335 e. The highest BCUT2D eigenvalue weighted by Crippen LogP contribution is 2.18. The Labute approximate surface area is 161 Å². The monoisotopic (exact) mass is 378 g/mol. The number of carbonyl (C=O) groups excluding carboxylic acids is 2. The van der Waals surface area contributed by atoms with Crippen molar-refractivity contribution in [2.24, 2.45) is 0 Å². The van der Waals surface area contributed by atoms with Crippen LogP contribution in [-0.4, -0.2) is 34.5 Å². The van der Waals surface area contributed by atoms with Crippen molar-refractivity contribution in [1.29, 1.82) is 0 Å². The van der Waals surface area contributed by atoms with E-state index in [0.29, 0.717) is 5.75 Å². The average molecular weight is 378 g/mol. The van der Waals surface area contributed by atoms with Crippen molar-refractivity contribution in [1.82, 2.24) is 10.2 Å². The first-order valence-electron chi connectivity index (χ1n) is 8.48. The molecule has 2 aromatic carbocycles. The zero-order chi connectivity index (χ0) is 20.1. The first-order chi connectivity index (χ1) is 13.5. The molecule has 0 bridgehead atoms. The fourth-order valence-electron chi connectivity index (χ4n) is 2.65. The third-order valence-corrected chi connectivity index (χ3v) is 4.04. The summed E-state index contributed by atoms with van der Waals surface area (Å²) in [5, 5.41) is 11.6. The van der Waals surface area contributed by atoms with E-state index in [2.05, 4.69) is 11.9 Å². The van der Waals surface area contributed by atoms with Crippen LogP contribution in [0.1, 0.15) is 21.5 Å². The van der Waals surface area contributed by atoms with Gasteiger partial charge >= 0.3 is 12.0 Å². The second kappa shape index (κ2) is 8.22. The van der Waals surface area contributed by atoms with Crippen LogP contribution < -0.4 is 10.1 Å². The molecule has 1 heterocycles. The molecule has 142 valence electrons. The molecule has 2 aromatic rings. The van der Waals surface area contributed by atoms with Crippen molar-refractivity contribution >= 4 is 24.0 Å². The zero-order valence-electron chi connectivity index (χ0n) is 14.9. The Morgan fingerprint density at radius 3 is 2.61 bits per heavy atom. The minimum atomic E-state index is -0.987. The maximum Gasteiger partial charge on any atom is 0.335 e. The normalized spacial score (nSPS) is 14.9. The molecular formula is C21H18N2O5. The second-order valence-corrected chi connectivity index (χ2v) is 6.06. The quantitative estimate of drug-likeness (QED) is 0.439. The number of urea groups is 1. The van der Waals surface area contributed by atoms with Crippen LogP contribution in [0.25, 0.3) is 6.08 Å². The SMILES string of the molecule is C=CCN1C(=O)N/C(=C/c2ccc(OCc3cccc(C(=O)O)c3)cc2)C1=O. The molecule has 1 fully saturated rings. The summed E-state index contributed by atoms with van der Waals surface area (Å²) < 4.78 is 5.67. The highest BCUT2D eigenvalue weighted by Gasteiger charge is 2.32. The first kappa shape index (κ1) is 18.9. The van der Waals surface area contributed by atoms with E-state index in [1.165, 1.54) is 12.1 Å². The van der Waals surface area contributed by atoms with Gasteiger partial charge in [0.15, 0.2) is 0 Å². The van der Waals surface area contributed by atoms with Crippen LogP contribution in [-0.2, 0) is 11.4 Å². The standard InChI is InChI=1S/C21H18N2O5/c1-2-10-23-19(24)18(22-21(23)27)12-14-6-8-17(9-7-14)28-13-15-4-3-5-16(11-15)20(25)26/h2-9,11-12H,1,10,13H2,(H,22,27)(H,25,26)/b18-12+. The zero-order valence-corrected chi connectivity index (χ0v) is 14.9. The molecule has 2 N–H and O–H groups in total. The summed E-state index contributed by atoms with van der Waals surface area (Å²) in [5.74, 6) is -0.791. The predicted octanol–water partition coefficient (Wildman–Crippen LogP) is 3.04. The number of ether oxygens (including phenoxy) is 1. The predicted molar refractivity (Wildman–Crippen MR) is 103 cm³/mol. The summed E-state index contributed by atoms with van der Waals surface area (Å²) in [5.41, 5.74) is 1.87. The Kier molecular flexibility index (Phi) is 5.55. The van der Waals surface area contributed by atoms with Gasteiger partial charge in [-0.25, -0.2) is 9.59 Å². The van der Waals surface area contributed by atoms with E-state index in [-0.39, 0.29) is 24.4 Å². The number of amides is 3. The second-order valence-electron chi connectivity index (χ2n) is 6.06. The summed E-state index contributed by atoms with van der Waals surface area (Å²) in [6.45, 7) is 3.91. The molecule has 3 amide bonds. The summed E-state index contributed by atoms with van der Waals surface area (Å²) in [7, 11) is 0. The molecule has 3 rings (SSSR count). The summed E-state index contributed by atoms with van der Waals surface area (Å²) in [4.78, 5) is 36.0. The lowest BCUT2D eigenvalue weighted by Gasteiger charge is -2.08. The van der Waals surface area contributed by atoms with Crippen molar-refractivity contribution in [3.63, 3.8) is 0 Å². The molecule has 0 unspecified atom stereocenters. The summed E-state index contributed by atoms with van der Waals surface area (Å²) >= 11 is 0.